The van der Waals surface area contributed by atoms with Crippen LogP contribution in [0.15, 0.2) is 16.6 Å². The van der Waals surface area contributed by atoms with Crippen molar-refractivity contribution in [3.8, 4) is 11.5 Å². The van der Waals surface area contributed by atoms with Gasteiger partial charge in [-0.05, 0) is 35.0 Å². The maximum Gasteiger partial charge on any atom is 0.254 e. The van der Waals surface area contributed by atoms with E-state index in [1.807, 2.05) is 17.9 Å². The normalized spacial score (nSPS) is 18.7. The van der Waals surface area contributed by atoms with Crippen molar-refractivity contribution in [3.63, 3.8) is 0 Å². The lowest BCUT2D eigenvalue weighted by atomic mass is 10.1. The third kappa shape index (κ3) is 3.93. The largest absolute Gasteiger partial charge is 0.493 e. The van der Waals surface area contributed by atoms with Gasteiger partial charge in [-0.2, -0.15) is 0 Å². The summed E-state index contributed by atoms with van der Waals surface area (Å²) < 4.78 is 11.7. The highest BCUT2D eigenvalue weighted by Crippen LogP contribution is 2.37. The van der Waals surface area contributed by atoms with Gasteiger partial charge >= 0.3 is 0 Å². The Labute approximate surface area is 140 Å². The summed E-state index contributed by atoms with van der Waals surface area (Å²) in [5.74, 6) is 1.27. The van der Waals surface area contributed by atoms with Crippen LogP contribution in [-0.2, 0) is 0 Å². The Morgan fingerprint density at radius 3 is 2.82 bits per heavy atom. The SMILES string of the molecule is CCOc1c(Br)cc(C(=O)N2CCC[NH+](C)CC2)cc1OC. The lowest BCUT2D eigenvalue weighted by molar-refractivity contribution is -0.877. The Balaban J connectivity index is 2.24. The van der Waals surface area contributed by atoms with Gasteiger partial charge in [-0.25, -0.2) is 0 Å². The van der Waals surface area contributed by atoms with Gasteiger partial charge in [-0.15, -0.1) is 0 Å². The fourth-order valence-electron chi connectivity index (χ4n) is 2.65. The topological polar surface area (TPSA) is 43.2 Å². The van der Waals surface area contributed by atoms with E-state index in [2.05, 4.69) is 23.0 Å². The van der Waals surface area contributed by atoms with Gasteiger partial charge in [0, 0.05) is 18.5 Å². The summed E-state index contributed by atoms with van der Waals surface area (Å²) in [6.07, 6.45) is 1.03. The van der Waals surface area contributed by atoms with Crippen molar-refractivity contribution in [2.45, 2.75) is 13.3 Å². The maximum absolute atomic E-state index is 12.7. The molecule has 122 valence electrons. The molecule has 0 spiro atoms. The minimum absolute atomic E-state index is 0.0525. The molecule has 1 amide bonds. The van der Waals surface area contributed by atoms with Crippen LogP contribution in [0, 0.1) is 0 Å². The number of nitrogens with one attached hydrogen (secondary N) is 1. The third-order valence-electron chi connectivity index (χ3n) is 3.89. The molecule has 0 aliphatic carbocycles. The Morgan fingerprint density at radius 1 is 1.36 bits per heavy atom. The first-order valence-corrected chi connectivity index (χ1v) is 8.47. The number of ether oxygens (including phenoxy) is 2. The van der Waals surface area contributed by atoms with E-state index >= 15 is 0 Å². The van der Waals surface area contributed by atoms with E-state index in [0.29, 0.717) is 23.7 Å². The Bertz CT molecular complexity index is 536. The zero-order valence-electron chi connectivity index (χ0n) is 13.4. The van der Waals surface area contributed by atoms with Gasteiger partial charge < -0.3 is 19.3 Å². The number of nitrogens with zero attached hydrogens (tertiary/aromatic N) is 1. The summed E-state index contributed by atoms with van der Waals surface area (Å²) >= 11 is 3.48. The molecule has 2 rings (SSSR count). The van der Waals surface area contributed by atoms with Gasteiger partial charge in [0.25, 0.3) is 5.91 Å². The molecular weight excluding hydrogens is 348 g/mol. The number of likely N-dealkylation sites (N-methyl/N-ethyl adjacent to an activating group) is 1. The van der Waals surface area contributed by atoms with Crippen LogP contribution in [0.25, 0.3) is 0 Å². The van der Waals surface area contributed by atoms with Gasteiger partial charge in [0.05, 0.1) is 44.9 Å². The Morgan fingerprint density at radius 2 is 2.14 bits per heavy atom. The molecule has 1 heterocycles. The number of rotatable bonds is 4. The maximum atomic E-state index is 12.7. The van der Waals surface area contributed by atoms with Crippen molar-refractivity contribution in [1.29, 1.82) is 0 Å². The summed E-state index contributed by atoms with van der Waals surface area (Å²) in [5, 5.41) is 0. The molecule has 1 aromatic rings. The van der Waals surface area contributed by atoms with Gasteiger partial charge in [0.15, 0.2) is 11.5 Å². The number of amides is 1. The summed E-state index contributed by atoms with van der Waals surface area (Å²) in [6, 6.07) is 3.58. The van der Waals surface area contributed by atoms with Gasteiger partial charge in [-0.1, -0.05) is 0 Å². The monoisotopic (exact) mass is 371 g/mol. The van der Waals surface area contributed by atoms with Gasteiger partial charge in [0.2, 0.25) is 0 Å². The van der Waals surface area contributed by atoms with Crippen LogP contribution in [-0.4, -0.2) is 57.8 Å². The smallest absolute Gasteiger partial charge is 0.254 e. The fraction of sp³-hybridized carbons (Fsp3) is 0.562. The summed E-state index contributed by atoms with van der Waals surface area (Å²) in [4.78, 5) is 16.1. The van der Waals surface area contributed by atoms with E-state index in [-0.39, 0.29) is 5.91 Å². The average molecular weight is 372 g/mol. The number of hydrogen-bond donors (Lipinski definition) is 1. The first-order chi connectivity index (χ1) is 10.6. The highest BCUT2D eigenvalue weighted by Gasteiger charge is 2.23. The van der Waals surface area contributed by atoms with Crippen molar-refractivity contribution < 1.29 is 19.2 Å². The number of hydrogen-bond acceptors (Lipinski definition) is 3. The molecular formula is C16H24BrN2O3+. The van der Waals surface area contributed by atoms with Crippen LogP contribution >= 0.6 is 15.9 Å². The molecule has 0 radical (unpaired) electrons. The predicted octanol–water partition coefficient (Wildman–Crippen LogP) is 1.22. The fourth-order valence-corrected chi connectivity index (χ4v) is 3.20. The van der Waals surface area contributed by atoms with Crippen LogP contribution in [0.5, 0.6) is 11.5 Å². The van der Waals surface area contributed by atoms with Crippen LogP contribution in [0.3, 0.4) is 0 Å². The Kier molecular flexibility index (Phi) is 6.08. The van der Waals surface area contributed by atoms with Crippen LogP contribution in [0.1, 0.15) is 23.7 Å². The van der Waals surface area contributed by atoms with Crippen LogP contribution in [0.2, 0.25) is 0 Å². The molecule has 0 bridgehead atoms. The molecule has 5 nitrogen and oxygen atoms in total. The lowest BCUT2D eigenvalue weighted by Crippen LogP contribution is -3.09. The lowest BCUT2D eigenvalue weighted by Gasteiger charge is -2.20. The second kappa shape index (κ2) is 7.83. The van der Waals surface area contributed by atoms with Gasteiger partial charge in [0.1, 0.15) is 0 Å². The second-order valence-corrected chi connectivity index (χ2v) is 6.38. The number of benzene rings is 1. The number of halogens is 1. The summed E-state index contributed by atoms with van der Waals surface area (Å²) in [7, 11) is 3.76. The van der Waals surface area contributed by atoms with E-state index in [1.54, 1.807) is 13.2 Å². The van der Waals surface area contributed by atoms with E-state index in [9.17, 15) is 4.79 Å². The first-order valence-electron chi connectivity index (χ1n) is 7.67. The molecule has 1 aromatic carbocycles. The number of methoxy groups -OCH3 is 1. The molecule has 6 heteroatoms. The van der Waals surface area contributed by atoms with E-state index in [4.69, 9.17) is 9.47 Å². The molecule has 0 aromatic heterocycles. The molecule has 1 saturated heterocycles. The summed E-state index contributed by atoms with van der Waals surface area (Å²) in [5.41, 5.74) is 0.631. The summed E-state index contributed by atoms with van der Waals surface area (Å²) in [6.45, 7) is 6.16. The molecule has 1 aliphatic rings. The minimum Gasteiger partial charge on any atom is -0.493 e. The number of carbonyl (C=O) groups excluding carboxylic acids is 1. The molecule has 0 saturated carbocycles. The average Bonchev–Trinajstić information content (AvgIpc) is 2.73. The van der Waals surface area contributed by atoms with E-state index in [1.165, 1.54) is 4.90 Å². The van der Waals surface area contributed by atoms with Crippen molar-refractivity contribution in [2.75, 3.05) is 46.9 Å². The highest BCUT2D eigenvalue weighted by atomic mass is 79.9. The number of quaternary nitrogens is 1. The molecule has 1 aliphatic heterocycles. The minimum atomic E-state index is 0.0525. The number of carbonyl (C=O) groups is 1. The third-order valence-corrected chi connectivity index (χ3v) is 4.48. The van der Waals surface area contributed by atoms with Crippen molar-refractivity contribution in [2.24, 2.45) is 0 Å². The van der Waals surface area contributed by atoms with Crippen molar-refractivity contribution in [1.82, 2.24) is 4.90 Å². The highest BCUT2D eigenvalue weighted by molar-refractivity contribution is 9.10. The first kappa shape index (κ1) is 17.1. The molecule has 1 N–H and O–H groups in total. The zero-order chi connectivity index (χ0) is 16.1. The van der Waals surface area contributed by atoms with Crippen molar-refractivity contribution >= 4 is 21.8 Å². The zero-order valence-corrected chi connectivity index (χ0v) is 15.0. The van der Waals surface area contributed by atoms with E-state index in [0.717, 1.165) is 37.1 Å². The van der Waals surface area contributed by atoms with Crippen molar-refractivity contribution in [3.05, 3.63) is 22.2 Å². The van der Waals surface area contributed by atoms with E-state index < -0.39 is 0 Å². The quantitative estimate of drug-likeness (QED) is 0.865. The predicted molar refractivity (Wildman–Crippen MR) is 89.0 cm³/mol. The molecule has 1 unspecified atom stereocenters. The second-order valence-electron chi connectivity index (χ2n) is 5.53. The Hall–Kier alpha value is -1.27. The standard InChI is InChI=1S/C16H23BrN2O3/c1-4-22-15-13(17)10-12(11-14(15)21-3)16(20)19-7-5-6-18(2)8-9-19/h10-11H,4-9H2,1-3H3/p+1. The van der Waals surface area contributed by atoms with Crippen LogP contribution in [0.4, 0.5) is 0 Å². The molecule has 22 heavy (non-hydrogen) atoms. The molecule has 1 fully saturated rings. The van der Waals surface area contributed by atoms with Crippen LogP contribution < -0.4 is 14.4 Å². The molecule has 1 atom stereocenters. The van der Waals surface area contributed by atoms with Gasteiger partial charge in [-0.3, -0.25) is 4.79 Å².